The van der Waals surface area contributed by atoms with E-state index in [0.29, 0.717) is 38.8 Å². The minimum absolute atomic E-state index is 0.0306. The number of rotatable bonds is 10. The lowest BCUT2D eigenvalue weighted by Gasteiger charge is -2.17. The van der Waals surface area contributed by atoms with Gasteiger partial charge in [-0.2, -0.15) is 0 Å². The minimum atomic E-state index is 0.0306. The summed E-state index contributed by atoms with van der Waals surface area (Å²) in [4.78, 5) is 11.5. The van der Waals surface area contributed by atoms with Crippen LogP contribution in [0.4, 0.5) is 0 Å². The smallest absolute Gasteiger partial charge is 0.234 e. The average Bonchev–Trinajstić information content (AvgIpc) is 2.27. The van der Waals surface area contributed by atoms with Crippen LogP contribution in [0.2, 0.25) is 0 Å². The molecule has 102 valence electrons. The first kappa shape index (κ1) is 16.4. The highest BCUT2D eigenvalue weighted by atomic mass is 16.5. The van der Waals surface area contributed by atoms with Crippen molar-refractivity contribution in [2.24, 2.45) is 5.92 Å². The molecule has 17 heavy (non-hydrogen) atoms. The number of amides is 1. The van der Waals surface area contributed by atoms with E-state index in [1.165, 1.54) is 0 Å². The van der Waals surface area contributed by atoms with E-state index in [2.05, 4.69) is 24.5 Å². The fourth-order valence-electron chi connectivity index (χ4n) is 1.06. The first-order valence-corrected chi connectivity index (χ1v) is 6.14. The van der Waals surface area contributed by atoms with E-state index in [0.717, 1.165) is 0 Å². The molecule has 0 radical (unpaired) electrons. The zero-order valence-corrected chi connectivity index (χ0v) is 11.4. The minimum Gasteiger partial charge on any atom is -0.382 e. The number of hydrogen-bond acceptors (Lipinski definition) is 4. The van der Waals surface area contributed by atoms with E-state index < -0.39 is 0 Å². The van der Waals surface area contributed by atoms with Gasteiger partial charge in [0.25, 0.3) is 0 Å². The molecule has 0 saturated heterocycles. The van der Waals surface area contributed by atoms with E-state index in [4.69, 9.17) is 9.47 Å². The first-order chi connectivity index (χ1) is 8.07. The molecule has 0 aromatic rings. The van der Waals surface area contributed by atoms with Gasteiger partial charge in [0.2, 0.25) is 5.91 Å². The molecule has 0 bridgehead atoms. The van der Waals surface area contributed by atoms with Crippen LogP contribution in [-0.4, -0.2) is 52.0 Å². The molecule has 0 saturated carbocycles. The zero-order valence-electron chi connectivity index (χ0n) is 11.4. The number of carbonyl (C=O) groups is 1. The Morgan fingerprint density at radius 3 is 2.47 bits per heavy atom. The van der Waals surface area contributed by atoms with Gasteiger partial charge in [0, 0.05) is 19.7 Å². The van der Waals surface area contributed by atoms with E-state index in [1.807, 2.05) is 6.92 Å². The molecule has 0 aromatic carbocycles. The summed E-state index contributed by atoms with van der Waals surface area (Å²) in [5.41, 5.74) is 0. The predicted molar refractivity (Wildman–Crippen MR) is 68.0 cm³/mol. The molecule has 0 aliphatic rings. The van der Waals surface area contributed by atoms with Gasteiger partial charge in [-0.25, -0.2) is 0 Å². The molecule has 2 N–H and O–H groups in total. The van der Waals surface area contributed by atoms with Gasteiger partial charge < -0.3 is 20.1 Å². The van der Waals surface area contributed by atoms with Gasteiger partial charge >= 0.3 is 0 Å². The Bertz CT molecular complexity index is 198. The van der Waals surface area contributed by atoms with Crippen molar-refractivity contribution in [3.8, 4) is 0 Å². The molecule has 5 heteroatoms. The Kier molecular flexibility index (Phi) is 10.1. The molecule has 0 aliphatic carbocycles. The van der Waals surface area contributed by atoms with Crippen LogP contribution in [0.1, 0.15) is 20.8 Å². The number of ether oxygens (including phenoxy) is 2. The number of nitrogens with one attached hydrogen (secondary N) is 2. The number of methoxy groups -OCH3 is 1. The third-order valence-electron chi connectivity index (χ3n) is 2.53. The summed E-state index contributed by atoms with van der Waals surface area (Å²) >= 11 is 0. The second-order valence-corrected chi connectivity index (χ2v) is 4.38. The number of carbonyl (C=O) groups excluding carboxylic acids is 1. The third-order valence-corrected chi connectivity index (χ3v) is 2.53. The lowest BCUT2D eigenvalue weighted by Crippen LogP contribution is -2.41. The van der Waals surface area contributed by atoms with Crippen molar-refractivity contribution in [3.63, 3.8) is 0 Å². The van der Waals surface area contributed by atoms with Crippen LogP contribution in [0.3, 0.4) is 0 Å². The van der Waals surface area contributed by atoms with Gasteiger partial charge in [-0.3, -0.25) is 4.79 Å². The summed E-state index contributed by atoms with van der Waals surface area (Å²) in [6, 6.07) is 0.210. The Balaban J connectivity index is 3.33. The third kappa shape index (κ3) is 10.2. The summed E-state index contributed by atoms with van der Waals surface area (Å²) in [5, 5.41) is 5.96. The summed E-state index contributed by atoms with van der Waals surface area (Å²) in [6.45, 7) is 8.98. The van der Waals surface area contributed by atoms with Crippen LogP contribution in [0, 0.1) is 5.92 Å². The molecule has 5 nitrogen and oxygen atoms in total. The largest absolute Gasteiger partial charge is 0.382 e. The highest BCUT2D eigenvalue weighted by molar-refractivity contribution is 5.78. The van der Waals surface area contributed by atoms with Crippen molar-refractivity contribution in [2.45, 2.75) is 26.8 Å². The lowest BCUT2D eigenvalue weighted by molar-refractivity contribution is -0.121. The van der Waals surface area contributed by atoms with Gasteiger partial charge in [-0.15, -0.1) is 0 Å². The van der Waals surface area contributed by atoms with Gasteiger partial charge in [0.05, 0.1) is 26.4 Å². The normalized spacial score (nSPS) is 12.8. The van der Waals surface area contributed by atoms with Crippen LogP contribution >= 0.6 is 0 Å². The maximum Gasteiger partial charge on any atom is 0.234 e. The van der Waals surface area contributed by atoms with Crippen LogP contribution in [0.25, 0.3) is 0 Å². The molecule has 0 aliphatic heterocycles. The Morgan fingerprint density at radius 2 is 1.88 bits per heavy atom. The van der Waals surface area contributed by atoms with Crippen LogP contribution in [0.15, 0.2) is 0 Å². The Morgan fingerprint density at radius 1 is 1.18 bits per heavy atom. The molecule has 1 unspecified atom stereocenters. The average molecular weight is 246 g/mol. The zero-order chi connectivity index (χ0) is 13.1. The SMILES string of the molecule is COCCOCCNCC(=O)NC(C)C(C)C. The Hall–Kier alpha value is -0.650. The fraction of sp³-hybridized carbons (Fsp3) is 0.917. The Labute approximate surface area is 104 Å². The lowest BCUT2D eigenvalue weighted by atomic mass is 10.1. The van der Waals surface area contributed by atoms with E-state index in [1.54, 1.807) is 7.11 Å². The van der Waals surface area contributed by atoms with Gasteiger partial charge in [-0.1, -0.05) is 13.8 Å². The highest BCUT2D eigenvalue weighted by Gasteiger charge is 2.09. The second-order valence-electron chi connectivity index (χ2n) is 4.38. The van der Waals surface area contributed by atoms with Gasteiger partial charge in [-0.05, 0) is 12.8 Å². The maximum atomic E-state index is 11.5. The molecule has 0 spiro atoms. The first-order valence-electron chi connectivity index (χ1n) is 6.14. The summed E-state index contributed by atoms with van der Waals surface area (Å²) in [5.74, 6) is 0.486. The fourth-order valence-corrected chi connectivity index (χ4v) is 1.06. The van der Waals surface area contributed by atoms with Crippen LogP contribution in [-0.2, 0) is 14.3 Å². The molecule has 0 fully saturated rings. The van der Waals surface area contributed by atoms with Gasteiger partial charge in [0.1, 0.15) is 0 Å². The molecular weight excluding hydrogens is 220 g/mol. The van der Waals surface area contributed by atoms with E-state index >= 15 is 0 Å². The van der Waals surface area contributed by atoms with Crippen LogP contribution < -0.4 is 10.6 Å². The summed E-state index contributed by atoms with van der Waals surface area (Å²) < 4.78 is 10.1. The highest BCUT2D eigenvalue weighted by Crippen LogP contribution is 1.98. The summed E-state index contributed by atoms with van der Waals surface area (Å²) in [6.07, 6.45) is 0. The molecule has 0 aromatic heterocycles. The molecule has 1 atom stereocenters. The van der Waals surface area contributed by atoms with E-state index in [-0.39, 0.29) is 11.9 Å². The number of hydrogen-bond donors (Lipinski definition) is 2. The summed E-state index contributed by atoms with van der Waals surface area (Å²) in [7, 11) is 1.64. The maximum absolute atomic E-state index is 11.5. The monoisotopic (exact) mass is 246 g/mol. The predicted octanol–water partition coefficient (Wildman–Crippen LogP) is 0.400. The van der Waals surface area contributed by atoms with Crippen molar-refractivity contribution in [1.82, 2.24) is 10.6 Å². The molecule has 0 heterocycles. The topological polar surface area (TPSA) is 59.6 Å². The van der Waals surface area contributed by atoms with Crippen molar-refractivity contribution < 1.29 is 14.3 Å². The molecular formula is C12H26N2O3. The van der Waals surface area contributed by atoms with Crippen LogP contribution in [0.5, 0.6) is 0 Å². The van der Waals surface area contributed by atoms with Crippen molar-refractivity contribution in [2.75, 3.05) is 40.0 Å². The molecule has 1 amide bonds. The van der Waals surface area contributed by atoms with Crippen molar-refractivity contribution in [3.05, 3.63) is 0 Å². The van der Waals surface area contributed by atoms with Gasteiger partial charge in [0.15, 0.2) is 0 Å². The van der Waals surface area contributed by atoms with Crippen molar-refractivity contribution in [1.29, 1.82) is 0 Å². The van der Waals surface area contributed by atoms with Crippen molar-refractivity contribution >= 4 is 5.91 Å². The quantitative estimate of drug-likeness (QED) is 0.548. The standard InChI is InChI=1S/C12H26N2O3/c1-10(2)11(3)14-12(15)9-13-5-6-17-8-7-16-4/h10-11,13H,5-9H2,1-4H3,(H,14,15). The second kappa shape index (κ2) is 10.5. The van der Waals surface area contributed by atoms with E-state index in [9.17, 15) is 4.79 Å². The molecule has 0 rings (SSSR count).